The molecule has 2 unspecified atom stereocenters. The molecule has 0 aromatic carbocycles. The molecule has 0 aromatic heterocycles. The van der Waals surface area contributed by atoms with Gasteiger partial charge in [-0.1, -0.05) is 0 Å². The quantitative estimate of drug-likeness (QED) is 0.634. The van der Waals surface area contributed by atoms with E-state index in [1.54, 1.807) is 0 Å². The largest absolute Gasteiger partial charge is 0.392 e. The molecule has 1 aliphatic heterocycles. The van der Waals surface area contributed by atoms with E-state index in [1.807, 2.05) is 0 Å². The molecule has 3 heteroatoms. The Morgan fingerprint density at radius 2 is 2.33 bits per heavy atom. The maximum atomic E-state index is 9.98. The van der Waals surface area contributed by atoms with E-state index in [1.165, 1.54) is 0 Å². The van der Waals surface area contributed by atoms with Crippen molar-refractivity contribution >= 4 is 0 Å². The molecule has 3 nitrogen and oxygen atoms in total. The molecule has 2 rings (SSSR count). The minimum atomic E-state index is -0.218. The number of rotatable bonds is 3. The first kappa shape index (κ1) is 8.48. The lowest BCUT2D eigenvalue weighted by atomic mass is 9.88. The predicted molar refractivity (Wildman–Crippen MR) is 45.7 cm³/mol. The molecule has 1 saturated heterocycles. The Kier molecular flexibility index (Phi) is 2.10. The zero-order valence-electron chi connectivity index (χ0n) is 7.33. The third kappa shape index (κ3) is 1.26. The molecule has 1 heterocycles. The zero-order valence-corrected chi connectivity index (χ0v) is 7.33. The average Bonchev–Trinajstić information content (AvgIpc) is 2.71. The molecule has 2 aliphatic rings. The molecule has 70 valence electrons. The van der Waals surface area contributed by atoms with Crippen LogP contribution in [0.4, 0.5) is 0 Å². The first-order valence-corrected chi connectivity index (χ1v) is 4.74. The molecule has 2 atom stereocenters. The van der Waals surface area contributed by atoms with Crippen LogP contribution in [-0.4, -0.2) is 31.0 Å². The fourth-order valence-corrected chi connectivity index (χ4v) is 2.08. The van der Waals surface area contributed by atoms with E-state index in [2.05, 4.69) is 0 Å². The van der Waals surface area contributed by atoms with Crippen LogP contribution in [0.25, 0.3) is 0 Å². The zero-order chi connectivity index (χ0) is 8.60. The van der Waals surface area contributed by atoms with Crippen molar-refractivity contribution in [2.75, 3.05) is 19.8 Å². The van der Waals surface area contributed by atoms with Crippen LogP contribution in [0, 0.1) is 11.3 Å². The van der Waals surface area contributed by atoms with Crippen LogP contribution < -0.4 is 5.73 Å². The highest BCUT2D eigenvalue weighted by Crippen LogP contribution is 2.50. The third-order valence-electron chi connectivity index (χ3n) is 3.34. The summed E-state index contributed by atoms with van der Waals surface area (Å²) in [7, 11) is 0. The van der Waals surface area contributed by atoms with Gasteiger partial charge in [0.05, 0.1) is 12.7 Å². The topological polar surface area (TPSA) is 55.5 Å². The van der Waals surface area contributed by atoms with Crippen molar-refractivity contribution in [1.82, 2.24) is 0 Å². The van der Waals surface area contributed by atoms with Crippen LogP contribution in [0.5, 0.6) is 0 Å². The van der Waals surface area contributed by atoms with Gasteiger partial charge in [0.1, 0.15) is 0 Å². The number of hydrogen-bond donors (Lipinski definition) is 2. The second-order valence-electron chi connectivity index (χ2n) is 4.14. The van der Waals surface area contributed by atoms with Gasteiger partial charge < -0.3 is 15.6 Å². The maximum absolute atomic E-state index is 9.98. The van der Waals surface area contributed by atoms with Gasteiger partial charge in [0.2, 0.25) is 0 Å². The van der Waals surface area contributed by atoms with E-state index in [4.69, 9.17) is 10.5 Å². The van der Waals surface area contributed by atoms with Crippen LogP contribution in [0.1, 0.15) is 19.3 Å². The lowest BCUT2D eigenvalue weighted by Crippen LogP contribution is -2.36. The van der Waals surface area contributed by atoms with Gasteiger partial charge in [-0.15, -0.1) is 0 Å². The van der Waals surface area contributed by atoms with E-state index < -0.39 is 0 Å². The molecule has 0 amide bonds. The van der Waals surface area contributed by atoms with Gasteiger partial charge in [-0.25, -0.2) is 0 Å². The van der Waals surface area contributed by atoms with Gasteiger partial charge in [0.25, 0.3) is 0 Å². The molecule has 1 saturated carbocycles. The Morgan fingerprint density at radius 3 is 2.75 bits per heavy atom. The summed E-state index contributed by atoms with van der Waals surface area (Å²) in [6.07, 6.45) is 2.98. The Labute approximate surface area is 72.9 Å². The van der Waals surface area contributed by atoms with Crippen LogP contribution in [0.3, 0.4) is 0 Å². The fourth-order valence-electron chi connectivity index (χ4n) is 2.08. The minimum absolute atomic E-state index is 0.0678. The second kappa shape index (κ2) is 2.98. The van der Waals surface area contributed by atoms with Crippen molar-refractivity contribution in [2.45, 2.75) is 25.4 Å². The van der Waals surface area contributed by atoms with Crippen molar-refractivity contribution in [3.05, 3.63) is 0 Å². The van der Waals surface area contributed by atoms with E-state index in [0.29, 0.717) is 12.5 Å². The monoisotopic (exact) mass is 171 g/mol. The molecule has 0 radical (unpaired) electrons. The molecular formula is C9H17NO2. The Hall–Kier alpha value is -0.120. The molecular weight excluding hydrogens is 154 g/mol. The van der Waals surface area contributed by atoms with Crippen LogP contribution in [-0.2, 0) is 4.74 Å². The molecule has 0 spiro atoms. The fraction of sp³-hybridized carbons (Fsp3) is 1.00. The van der Waals surface area contributed by atoms with Gasteiger partial charge in [-0.3, -0.25) is 0 Å². The highest BCUT2D eigenvalue weighted by Gasteiger charge is 2.50. The van der Waals surface area contributed by atoms with Gasteiger partial charge in [0, 0.05) is 24.5 Å². The Morgan fingerprint density at radius 1 is 1.58 bits per heavy atom. The second-order valence-corrected chi connectivity index (χ2v) is 4.14. The van der Waals surface area contributed by atoms with E-state index in [0.717, 1.165) is 32.5 Å². The highest BCUT2D eigenvalue weighted by atomic mass is 16.5. The summed E-state index contributed by atoms with van der Waals surface area (Å²) >= 11 is 0. The lowest BCUT2D eigenvalue weighted by Gasteiger charge is -2.24. The van der Waals surface area contributed by atoms with Gasteiger partial charge in [0.15, 0.2) is 0 Å². The number of aliphatic hydroxyl groups excluding tert-OH is 1. The van der Waals surface area contributed by atoms with Gasteiger partial charge in [-0.05, 0) is 19.3 Å². The Bertz CT molecular complexity index is 162. The number of ether oxygens (including phenoxy) is 1. The molecule has 2 fully saturated rings. The van der Waals surface area contributed by atoms with Gasteiger partial charge >= 0.3 is 0 Å². The van der Waals surface area contributed by atoms with E-state index in [-0.39, 0.29) is 11.5 Å². The average molecular weight is 171 g/mol. The first-order chi connectivity index (χ1) is 5.78. The van der Waals surface area contributed by atoms with Crippen molar-refractivity contribution in [3.63, 3.8) is 0 Å². The minimum Gasteiger partial charge on any atom is -0.392 e. The maximum Gasteiger partial charge on any atom is 0.0659 e. The summed E-state index contributed by atoms with van der Waals surface area (Å²) in [5.41, 5.74) is 5.70. The van der Waals surface area contributed by atoms with Crippen molar-refractivity contribution < 1.29 is 9.84 Å². The predicted octanol–water partition coefficient (Wildman–Crippen LogP) is 0.123. The van der Waals surface area contributed by atoms with Crippen molar-refractivity contribution in [3.8, 4) is 0 Å². The normalized spacial score (nSPS) is 35.0. The lowest BCUT2D eigenvalue weighted by molar-refractivity contribution is 0.0342. The SMILES string of the molecule is NCC1(C(O)C2CCOC2)CC1. The summed E-state index contributed by atoms with van der Waals surface area (Å²) in [4.78, 5) is 0. The van der Waals surface area contributed by atoms with E-state index >= 15 is 0 Å². The summed E-state index contributed by atoms with van der Waals surface area (Å²) in [5, 5.41) is 9.98. The number of hydrogen-bond acceptors (Lipinski definition) is 3. The number of aliphatic hydroxyl groups is 1. The summed E-state index contributed by atoms with van der Waals surface area (Å²) in [6.45, 7) is 2.16. The van der Waals surface area contributed by atoms with Crippen LogP contribution in [0.2, 0.25) is 0 Å². The molecule has 0 bridgehead atoms. The van der Waals surface area contributed by atoms with Crippen LogP contribution >= 0.6 is 0 Å². The number of nitrogens with two attached hydrogens (primary N) is 1. The summed E-state index contributed by atoms with van der Waals surface area (Å²) in [5.74, 6) is 0.344. The first-order valence-electron chi connectivity index (χ1n) is 4.74. The summed E-state index contributed by atoms with van der Waals surface area (Å²) < 4.78 is 5.24. The summed E-state index contributed by atoms with van der Waals surface area (Å²) in [6, 6.07) is 0. The van der Waals surface area contributed by atoms with Crippen LogP contribution in [0.15, 0.2) is 0 Å². The molecule has 12 heavy (non-hydrogen) atoms. The standard InChI is InChI=1S/C9H17NO2/c10-6-9(2-3-9)8(11)7-1-4-12-5-7/h7-8,11H,1-6,10H2. The van der Waals surface area contributed by atoms with Crippen molar-refractivity contribution in [1.29, 1.82) is 0 Å². The molecule has 0 aromatic rings. The Balaban J connectivity index is 1.94. The van der Waals surface area contributed by atoms with Crippen molar-refractivity contribution in [2.24, 2.45) is 17.1 Å². The highest BCUT2D eigenvalue weighted by molar-refractivity contribution is 5.02. The van der Waals surface area contributed by atoms with Gasteiger partial charge in [-0.2, -0.15) is 0 Å². The molecule has 1 aliphatic carbocycles. The third-order valence-corrected chi connectivity index (χ3v) is 3.34. The molecule has 3 N–H and O–H groups in total. The van der Waals surface area contributed by atoms with E-state index in [9.17, 15) is 5.11 Å². The smallest absolute Gasteiger partial charge is 0.0659 e.